The normalized spacial score (nSPS) is 16.7. The smallest absolute Gasteiger partial charge is 0.273 e. The molecule has 0 aliphatic carbocycles. The highest BCUT2D eigenvalue weighted by Crippen LogP contribution is 2.31. The Morgan fingerprint density at radius 1 is 1.13 bits per heavy atom. The van der Waals surface area contributed by atoms with Crippen LogP contribution in [-0.4, -0.2) is 33.9 Å². The topological polar surface area (TPSA) is 54.3 Å². The number of piperidine rings is 1. The first-order chi connectivity index (χ1) is 14.4. The molecular formula is C24H26BrN3O2. The number of rotatable bonds is 3. The fourth-order valence-electron chi connectivity index (χ4n) is 4.28. The molecule has 1 atom stereocenters. The fraction of sp³-hybridized carbons (Fsp3) is 0.333. The van der Waals surface area contributed by atoms with Crippen molar-refractivity contribution >= 4 is 44.3 Å². The van der Waals surface area contributed by atoms with Crippen molar-refractivity contribution in [3.05, 3.63) is 63.8 Å². The first-order valence-corrected chi connectivity index (χ1v) is 11.1. The van der Waals surface area contributed by atoms with Gasteiger partial charge in [-0.1, -0.05) is 18.2 Å². The number of halogens is 1. The van der Waals surface area contributed by atoms with Crippen molar-refractivity contribution in [3.8, 4) is 0 Å². The van der Waals surface area contributed by atoms with E-state index in [1.165, 1.54) is 6.42 Å². The van der Waals surface area contributed by atoms with Crippen molar-refractivity contribution in [1.29, 1.82) is 0 Å². The van der Waals surface area contributed by atoms with Crippen LogP contribution < -0.4 is 5.32 Å². The lowest BCUT2D eigenvalue weighted by molar-refractivity contribution is 0.0635. The van der Waals surface area contributed by atoms with Gasteiger partial charge in [0.1, 0.15) is 5.69 Å². The van der Waals surface area contributed by atoms with Gasteiger partial charge in [0.2, 0.25) is 0 Å². The second kappa shape index (κ2) is 8.26. The molecule has 3 aromatic rings. The number of hydrogen-bond acceptors (Lipinski definition) is 2. The molecule has 2 aromatic carbocycles. The Balaban J connectivity index is 1.57. The number of nitrogens with zero attached hydrogens (tertiary/aromatic N) is 2. The van der Waals surface area contributed by atoms with E-state index < -0.39 is 0 Å². The summed E-state index contributed by atoms with van der Waals surface area (Å²) in [6, 6.07) is 13.7. The molecule has 0 spiro atoms. The first kappa shape index (κ1) is 20.7. The molecule has 6 heteroatoms. The molecule has 1 aliphatic rings. The number of carbonyl (C=O) groups is 2. The van der Waals surface area contributed by atoms with E-state index in [-0.39, 0.29) is 17.9 Å². The Kier molecular flexibility index (Phi) is 5.69. The first-order valence-electron chi connectivity index (χ1n) is 10.3. The molecule has 156 valence electrons. The Morgan fingerprint density at radius 3 is 2.60 bits per heavy atom. The van der Waals surface area contributed by atoms with E-state index in [4.69, 9.17) is 0 Å². The minimum absolute atomic E-state index is 0.0691. The highest BCUT2D eigenvalue weighted by atomic mass is 79.9. The average Bonchev–Trinajstić information content (AvgIpc) is 3.00. The largest absolute Gasteiger partial charge is 0.339 e. The molecule has 1 N–H and O–H groups in total. The Hall–Kier alpha value is -2.60. The van der Waals surface area contributed by atoms with Crippen molar-refractivity contribution < 1.29 is 9.59 Å². The van der Waals surface area contributed by atoms with Crippen molar-refractivity contribution in [3.63, 3.8) is 0 Å². The molecule has 0 saturated carbocycles. The van der Waals surface area contributed by atoms with E-state index in [1.54, 1.807) is 0 Å². The molecule has 1 aromatic heterocycles. The minimum atomic E-state index is -0.188. The van der Waals surface area contributed by atoms with Crippen molar-refractivity contribution in [2.75, 3.05) is 11.9 Å². The predicted octanol–water partition coefficient (Wildman–Crippen LogP) is 5.52. The lowest BCUT2D eigenvalue weighted by Crippen LogP contribution is -2.42. The van der Waals surface area contributed by atoms with Gasteiger partial charge in [-0.2, -0.15) is 0 Å². The molecule has 5 nitrogen and oxygen atoms in total. The number of nitrogens with one attached hydrogen (secondary N) is 1. The van der Waals surface area contributed by atoms with E-state index >= 15 is 0 Å². The third-order valence-electron chi connectivity index (χ3n) is 6.05. The summed E-state index contributed by atoms with van der Waals surface area (Å²) in [5.74, 6) is -0.119. The van der Waals surface area contributed by atoms with E-state index in [2.05, 4.69) is 28.2 Å². The van der Waals surface area contributed by atoms with Gasteiger partial charge in [-0.05, 0) is 78.9 Å². The zero-order valence-corrected chi connectivity index (χ0v) is 19.1. The van der Waals surface area contributed by atoms with Crippen LogP contribution in [0.3, 0.4) is 0 Å². The lowest BCUT2D eigenvalue weighted by Gasteiger charge is -2.33. The predicted molar refractivity (Wildman–Crippen MR) is 124 cm³/mol. The summed E-state index contributed by atoms with van der Waals surface area (Å²) in [5.41, 5.74) is 3.81. The van der Waals surface area contributed by atoms with Crippen molar-refractivity contribution in [2.24, 2.45) is 7.05 Å². The van der Waals surface area contributed by atoms with Crippen LogP contribution in [0.15, 0.2) is 46.9 Å². The van der Waals surface area contributed by atoms with Crippen LogP contribution in [0.25, 0.3) is 10.9 Å². The van der Waals surface area contributed by atoms with Crippen LogP contribution in [0.4, 0.5) is 5.69 Å². The molecule has 1 unspecified atom stereocenters. The molecule has 2 heterocycles. The minimum Gasteiger partial charge on any atom is -0.339 e. The maximum absolute atomic E-state index is 13.0. The summed E-state index contributed by atoms with van der Waals surface area (Å²) in [5, 5.41) is 4.01. The fourth-order valence-corrected chi connectivity index (χ4v) is 5.06. The summed E-state index contributed by atoms with van der Waals surface area (Å²) in [6.45, 7) is 4.84. The third kappa shape index (κ3) is 3.65. The Morgan fingerprint density at radius 2 is 1.90 bits per heavy atom. The monoisotopic (exact) mass is 467 g/mol. The van der Waals surface area contributed by atoms with E-state index in [0.29, 0.717) is 16.9 Å². The van der Waals surface area contributed by atoms with Gasteiger partial charge in [-0.3, -0.25) is 9.59 Å². The number of hydrogen-bond donors (Lipinski definition) is 1. The standard InChI is InChI=1S/C24H26BrN3O2/c1-15-14-17(24(30)28-13-7-6-8-16(28)2)11-12-19(15)26-23(29)22-21(25)18-9-4-5-10-20(18)27(22)3/h4-5,9-12,14,16H,6-8,13H2,1-3H3,(H,26,29). The SMILES string of the molecule is Cc1cc(C(=O)N2CCCCC2C)ccc1NC(=O)c1c(Br)c2ccccc2n1C. The van der Waals surface area contributed by atoms with Gasteiger partial charge >= 0.3 is 0 Å². The van der Waals surface area contributed by atoms with Gasteiger partial charge < -0.3 is 14.8 Å². The van der Waals surface area contributed by atoms with Crippen LogP contribution in [-0.2, 0) is 7.05 Å². The quantitative estimate of drug-likeness (QED) is 0.551. The summed E-state index contributed by atoms with van der Waals surface area (Å²) < 4.78 is 2.67. The number of benzene rings is 2. The van der Waals surface area contributed by atoms with Gasteiger partial charge in [-0.15, -0.1) is 0 Å². The highest BCUT2D eigenvalue weighted by Gasteiger charge is 2.25. The number of carbonyl (C=O) groups excluding carboxylic acids is 2. The van der Waals surface area contributed by atoms with Gasteiger partial charge in [0.05, 0.1) is 4.47 Å². The van der Waals surface area contributed by atoms with Crippen LogP contribution in [0.2, 0.25) is 0 Å². The summed E-state index contributed by atoms with van der Waals surface area (Å²) >= 11 is 3.58. The second-order valence-electron chi connectivity index (χ2n) is 8.07. The van der Waals surface area contributed by atoms with Gasteiger partial charge in [0.15, 0.2) is 0 Å². The van der Waals surface area contributed by atoms with Crippen LogP contribution in [0.5, 0.6) is 0 Å². The molecular weight excluding hydrogens is 442 g/mol. The number of para-hydroxylation sites is 1. The summed E-state index contributed by atoms with van der Waals surface area (Å²) in [6.07, 6.45) is 3.29. The number of amides is 2. The van der Waals surface area contributed by atoms with Crippen molar-refractivity contribution in [1.82, 2.24) is 9.47 Å². The Labute approximate surface area is 185 Å². The highest BCUT2D eigenvalue weighted by molar-refractivity contribution is 9.10. The molecule has 0 bridgehead atoms. The number of aromatic nitrogens is 1. The van der Waals surface area contributed by atoms with Gasteiger partial charge in [0, 0.05) is 41.8 Å². The molecule has 1 saturated heterocycles. The van der Waals surface area contributed by atoms with Crippen molar-refractivity contribution in [2.45, 2.75) is 39.2 Å². The number of aryl methyl sites for hydroxylation is 2. The Bertz CT molecular complexity index is 1100. The zero-order valence-electron chi connectivity index (χ0n) is 17.5. The average molecular weight is 468 g/mol. The van der Waals surface area contributed by atoms with Crippen LogP contribution >= 0.6 is 15.9 Å². The third-order valence-corrected chi connectivity index (χ3v) is 6.85. The molecule has 2 amide bonds. The van der Waals surface area contributed by atoms with E-state index in [1.807, 2.05) is 65.9 Å². The lowest BCUT2D eigenvalue weighted by atomic mass is 10.0. The molecule has 1 fully saturated rings. The van der Waals surface area contributed by atoms with E-state index in [0.717, 1.165) is 40.3 Å². The summed E-state index contributed by atoms with van der Waals surface area (Å²) in [4.78, 5) is 27.9. The molecule has 4 rings (SSSR count). The summed E-state index contributed by atoms with van der Waals surface area (Å²) in [7, 11) is 1.89. The maximum atomic E-state index is 13.0. The van der Waals surface area contributed by atoms with Gasteiger partial charge in [-0.25, -0.2) is 0 Å². The number of anilines is 1. The van der Waals surface area contributed by atoms with Crippen LogP contribution in [0, 0.1) is 6.92 Å². The maximum Gasteiger partial charge on any atom is 0.273 e. The number of fused-ring (bicyclic) bond motifs is 1. The molecule has 30 heavy (non-hydrogen) atoms. The molecule has 0 radical (unpaired) electrons. The number of likely N-dealkylation sites (tertiary alicyclic amines) is 1. The van der Waals surface area contributed by atoms with E-state index in [9.17, 15) is 9.59 Å². The molecule has 1 aliphatic heterocycles. The van der Waals surface area contributed by atoms with Crippen LogP contribution in [0.1, 0.15) is 52.6 Å². The second-order valence-corrected chi connectivity index (χ2v) is 8.86. The van der Waals surface area contributed by atoms with Gasteiger partial charge in [0.25, 0.3) is 11.8 Å². The zero-order chi connectivity index (χ0) is 21.4.